The second kappa shape index (κ2) is 4.70. The van der Waals surface area contributed by atoms with Crippen LogP contribution in [-0.4, -0.2) is 19.7 Å². The minimum atomic E-state index is 0.195. The lowest BCUT2D eigenvalue weighted by atomic mass is 10.4. The smallest absolute Gasteiger partial charge is 0.325 e. The van der Waals surface area contributed by atoms with E-state index < -0.39 is 0 Å². The highest BCUT2D eigenvalue weighted by Crippen LogP contribution is 2.21. The van der Waals surface area contributed by atoms with Gasteiger partial charge in [0.2, 0.25) is 0 Å². The summed E-state index contributed by atoms with van der Waals surface area (Å²) in [6.07, 6.45) is 3.39. The van der Waals surface area contributed by atoms with Gasteiger partial charge in [0.25, 0.3) is 0 Å². The third-order valence-electron chi connectivity index (χ3n) is 2.01. The van der Waals surface area contributed by atoms with Crippen LogP contribution in [0.1, 0.15) is 19.9 Å². The molecule has 2 aromatic heterocycles. The topological polar surface area (TPSA) is 78.9 Å². The number of nitrogen functional groups attached to an aromatic ring is 1. The van der Waals surface area contributed by atoms with Crippen LogP contribution in [0.25, 0.3) is 0 Å². The number of nitrogens with two attached hydrogens (primary N) is 1. The summed E-state index contributed by atoms with van der Waals surface area (Å²) in [5.74, 6) is 0.925. The van der Waals surface area contributed by atoms with E-state index in [-0.39, 0.29) is 12.1 Å². The maximum absolute atomic E-state index is 5.58. The van der Waals surface area contributed by atoms with Gasteiger partial charge in [0.15, 0.2) is 5.75 Å². The second-order valence-electron chi connectivity index (χ2n) is 3.75. The van der Waals surface area contributed by atoms with Gasteiger partial charge in [-0.3, -0.25) is 4.68 Å². The van der Waals surface area contributed by atoms with E-state index >= 15 is 0 Å². The normalized spacial score (nSPS) is 10.8. The van der Waals surface area contributed by atoms with Crippen LogP contribution in [-0.2, 0) is 0 Å². The summed E-state index contributed by atoms with van der Waals surface area (Å²) in [6, 6.07) is 2.07. The number of halogens is 1. The zero-order valence-corrected chi connectivity index (χ0v) is 11.0. The number of nitrogens with zero attached hydrogens (tertiary/aromatic N) is 4. The third-order valence-corrected chi connectivity index (χ3v) is 2.42. The number of hydrogen-bond donors (Lipinski definition) is 1. The summed E-state index contributed by atoms with van der Waals surface area (Å²) < 4.78 is 7.82. The molecule has 2 heterocycles. The Labute approximate surface area is 107 Å². The highest BCUT2D eigenvalue weighted by molar-refractivity contribution is 9.10. The Hall–Kier alpha value is -1.63. The minimum absolute atomic E-state index is 0.195. The summed E-state index contributed by atoms with van der Waals surface area (Å²) in [5.41, 5.74) is 5.58. The van der Waals surface area contributed by atoms with E-state index in [9.17, 15) is 0 Å². The van der Waals surface area contributed by atoms with E-state index in [1.165, 1.54) is 0 Å². The van der Waals surface area contributed by atoms with Crippen LogP contribution in [0.5, 0.6) is 11.8 Å². The highest BCUT2D eigenvalue weighted by atomic mass is 79.9. The van der Waals surface area contributed by atoms with E-state index in [2.05, 4.69) is 31.0 Å². The highest BCUT2D eigenvalue weighted by Gasteiger charge is 2.07. The molecule has 0 aromatic carbocycles. The summed E-state index contributed by atoms with van der Waals surface area (Å²) >= 11 is 3.22. The first-order valence-electron chi connectivity index (χ1n) is 5.06. The Bertz CT molecular complexity index is 505. The summed E-state index contributed by atoms with van der Waals surface area (Å²) in [6.45, 7) is 4.06. The first kappa shape index (κ1) is 11.8. The maximum atomic E-state index is 5.58. The van der Waals surface area contributed by atoms with Crippen molar-refractivity contribution in [3.8, 4) is 11.8 Å². The number of anilines is 1. The van der Waals surface area contributed by atoms with Crippen molar-refractivity contribution in [3.05, 3.63) is 23.1 Å². The molecule has 17 heavy (non-hydrogen) atoms. The van der Waals surface area contributed by atoms with Crippen molar-refractivity contribution in [2.45, 2.75) is 19.9 Å². The molecule has 0 atom stereocenters. The molecule has 0 saturated carbocycles. The molecule has 2 rings (SSSR count). The van der Waals surface area contributed by atoms with Gasteiger partial charge in [0, 0.05) is 12.1 Å². The molecule has 0 amide bonds. The van der Waals surface area contributed by atoms with Crippen molar-refractivity contribution in [2.24, 2.45) is 0 Å². The molecule has 2 aromatic rings. The van der Waals surface area contributed by atoms with Crippen molar-refractivity contribution >= 4 is 21.7 Å². The van der Waals surface area contributed by atoms with Gasteiger partial charge in [-0.25, -0.2) is 0 Å². The van der Waals surface area contributed by atoms with Gasteiger partial charge >= 0.3 is 6.01 Å². The molecule has 0 aliphatic heterocycles. The lowest BCUT2D eigenvalue weighted by Gasteiger charge is -2.03. The zero-order chi connectivity index (χ0) is 12.4. The third kappa shape index (κ3) is 2.94. The first-order valence-corrected chi connectivity index (χ1v) is 5.86. The predicted octanol–water partition coefficient (Wildman–Crippen LogP) is 2.39. The summed E-state index contributed by atoms with van der Waals surface area (Å²) in [7, 11) is 0. The van der Waals surface area contributed by atoms with Crippen LogP contribution < -0.4 is 10.5 Å². The van der Waals surface area contributed by atoms with Crippen LogP contribution in [0.2, 0.25) is 0 Å². The fraction of sp³-hybridized carbons (Fsp3) is 0.300. The molecule has 0 saturated heterocycles. The lowest BCUT2D eigenvalue weighted by molar-refractivity contribution is 0.439. The number of ether oxygens (including phenoxy) is 1. The van der Waals surface area contributed by atoms with Crippen molar-refractivity contribution in [1.82, 2.24) is 19.7 Å². The molecular weight excluding hydrogens is 286 g/mol. The number of aromatic nitrogens is 4. The minimum Gasteiger partial charge on any atom is -0.421 e. The van der Waals surface area contributed by atoms with Gasteiger partial charge in [-0.05, 0) is 29.8 Å². The predicted molar refractivity (Wildman–Crippen MR) is 66.8 cm³/mol. The van der Waals surface area contributed by atoms with Gasteiger partial charge in [-0.15, -0.1) is 0 Å². The molecule has 90 valence electrons. The van der Waals surface area contributed by atoms with Gasteiger partial charge in [0.1, 0.15) is 10.4 Å². The molecule has 0 fully saturated rings. The number of rotatable bonds is 3. The Morgan fingerprint density at radius 3 is 2.76 bits per heavy atom. The average Bonchev–Trinajstić information content (AvgIpc) is 2.64. The largest absolute Gasteiger partial charge is 0.421 e. The van der Waals surface area contributed by atoms with Crippen LogP contribution >= 0.6 is 15.9 Å². The Kier molecular flexibility index (Phi) is 3.28. The van der Waals surface area contributed by atoms with Crippen LogP contribution in [0.15, 0.2) is 23.1 Å². The number of hydrogen-bond acceptors (Lipinski definition) is 5. The quantitative estimate of drug-likeness (QED) is 0.880. The molecule has 7 heteroatoms. The molecule has 0 radical (unpaired) electrons. The Morgan fingerprint density at radius 1 is 1.41 bits per heavy atom. The standard InChI is InChI=1S/C10H12BrN5O/c1-6(2)16-5-7(4-13-16)17-10-14-8(11)3-9(12)15-10/h3-6H,1-2H3,(H2,12,14,15). The van der Waals surface area contributed by atoms with Gasteiger partial charge in [-0.2, -0.15) is 15.1 Å². The SMILES string of the molecule is CC(C)n1cc(Oc2nc(N)cc(Br)n2)cn1. The van der Waals surface area contributed by atoms with E-state index in [0.29, 0.717) is 16.2 Å². The molecule has 0 aliphatic carbocycles. The average molecular weight is 298 g/mol. The summed E-state index contributed by atoms with van der Waals surface area (Å²) in [5, 5.41) is 4.15. The molecule has 2 N–H and O–H groups in total. The summed E-state index contributed by atoms with van der Waals surface area (Å²) in [4.78, 5) is 8.01. The van der Waals surface area contributed by atoms with E-state index in [1.807, 2.05) is 13.8 Å². The first-order chi connectivity index (χ1) is 8.04. The van der Waals surface area contributed by atoms with Crippen LogP contribution in [0.3, 0.4) is 0 Å². The fourth-order valence-electron chi connectivity index (χ4n) is 1.22. The maximum Gasteiger partial charge on any atom is 0.325 e. The van der Waals surface area contributed by atoms with Crippen LogP contribution in [0.4, 0.5) is 5.82 Å². The van der Waals surface area contributed by atoms with Crippen molar-refractivity contribution in [2.75, 3.05) is 5.73 Å². The molecule has 6 nitrogen and oxygen atoms in total. The van der Waals surface area contributed by atoms with Crippen molar-refractivity contribution < 1.29 is 4.74 Å². The molecule has 0 aliphatic rings. The lowest BCUT2D eigenvalue weighted by Crippen LogP contribution is -2.00. The monoisotopic (exact) mass is 297 g/mol. The Morgan fingerprint density at radius 2 is 2.18 bits per heavy atom. The van der Waals surface area contributed by atoms with Crippen molar-refractivity contribution in [1.29, 1.82) is 0 Å². The van der Waals surface area contributed by atoms with Gasteiger partial charge in [0.05, 0.1) is 12.4 Å². The van der Waals surface area contributed by atoms with Gasteiger partial charge < -0.3 is 10.5 Å². The molecule has 0 unspecified atom stereocenters. The second-order valence-corrected chi connectivity index (χ2v) is 4.56. The van der Waals surface area contributed by atoms with E-state index in [4.69, 9.17) is 10.5 Å². The molecule has 0 spiro atoms. The molecular formula is C10H12BrN5O. The molecule has 0 bridgehead atoms. The Balaban J connectivity index is 2.19. The van der Waals surface area contributed by atoms with E-state index in [0.717, 1.165) is 0 Å². The zero-order valence-electron chi connectivity index (χ0n) is 9.46. The van der Waals surface area contributed by atoms with Gasteiger partial charge in [-0.1, -0.05) is 0 Å². The van der Waals surface area contributed by atoms with Crippen molar-refractivity contribution in [3.63, 3.8) is 0 Å². The van der Waals surface area contributed by atoms with Crippen LogP contribution in [0, 0.1) is 0 Å². The fourth-order valence-corrected chi connectivity index (χ4v) is 1.61. The van der Waals surface area contributed by atoms with E-state index in [1.54, 1.807) is 23.1 Å².